The fourth-order valence-electron chi connectivity index (χ4n) is 2.88. The van der Waals surface area contributed by atoms with Crippen molar-refractivity contribution in [3.63, 3.8) is 0 Å². The van der Waals surface area contributed by atoms with Crippen LogP contribution in [0.2, 0.25) is 0 Å². The average Bonchev–Trinajstić information content (AvgIpc) is 3.16. The highest BCUT2D eigenvalue weighted by Crippen LogP contribution is 2.32. The van der Waals surface area contributed by atoms with Gasteiger partial charge in [-0.1, -0.05) is 6.07 Å². The minimum absolute atomic E-state index is 0.124. The van der Waals surface area contributed by atoms with Crippen LogP contribution in [0.1, 0.15) is 5.56 Å². The van der Waals surface area contributed by atoms with E-state index in [0.29, 0.717) is 28.7 Å². The minimum atomic E-state index is -4.44. The van der Waals surface area contributed by atoms with Crippen molar-refractivity contribution in [3.8, 4) is 11.5 Å². The van der Waals surface area contributed by atoms with Crippen molar-refractivity contribution in [2.24, 2.45) is 0 Å². The van der Waals surface area contributed by atoms with Crippen molar-refractivity contribution in [2.45, 2.75) is 6.18 Å². The standard InChI is InChI=1S/C20H17F3N6O2/c1-30-15-9-14(10-16(11-15)31-2)25-17-18-27-19(28-29(18)7-6-24-17)26-13-5-3-4-12(8-13)20(21,22)23/h3-11H,1-2H3,(H,24,25)(H,26,28). The summed E-state index contributed by atoms with van der Waals surface area (Å²) in [4.78, 5) is 8.64. The number of alkyl halides is 3. The van der Waals surface area contributed by atoms with Gasteiger partial charge in [0.15, 0.2) is 5.82 Å². The molecule has 0 aliphatic heterocycles. The molecule has 2 aromatic carbocycles. The Bertz CT molecular complexity index is 1200. The second-order valence-electron chi connectivity index (χ2n) is 6.41. The van der Waals surface area contributed by atoms with Gasteiger partial charge < -0.3 is 20.1 Å². The molecule has 0 aliphatic carbocycles. The van der Waals surface area contributed by atoms with Gasteiger partial charge in [0.1, 0.15) is 11.5 Å². The van der Waals surface area contributed by atoms with Gasteiger partial charge in [0.05, 0.1) is 19.8 Å². The maximum atomic E-state index is 12.9. The van der Waals surface area contributed by atoms with Crippen molar-refractivity contribution in [1.29, 1.82) is 0 Å². The Labute approximate surface area is 174 Å². The maximum Gasteiger partial charge on any atom is 0.416 e. The topological polar surface area (TPSA) is 85.6 Å². The summed E-state index contributed by atoms with van der Waals surface area (Å²) in [6, 6.07) is 10.0. The SMILES string of the molecule is COc1cc(Nc2nccn3nc(Nc4cccc(C(F)(F)F)c4)nc23)cc(OC)c1. The Hall–Kier alpha value is -4.02. The summed E-state index contributed by atoms with van der Waals surface area (Å²) in [5.41, 5.74) is 0.467. The van der Waals surface area contributed by atoms with Crippen LogP contribution in [0.5, 0.6) is 11.5 Å². The maximum absolute atomic E-state index is 12.9. The molecule has 0 amide bonds. The molecule has 160 valence electrons. The normalized spacial score (nSPS) is 11.4. The number of fused-ring (bicyclic) bond motifs is 1. The molecular weight excluding hydrogens is 413 g/mol. The molecule has 0 spiro atoms. The first-order valence-corrected chi connectivity index (χ1v) is 9.01. The molecule has 4 aromatic rings. The molecule has 0 fully saturated rings. The molecule has 4 rings (SSSR count). The third-order valence-corrected chi connectivity index (χ3v) is 4.31. The first-order valence-electron chi connectivity index (χ1n) is 9.01. The summed E-state index contributed by atoms with van der Waals surface area (Å²) >= 11 is 0. The fourth-order valence-corrected chi connectivity index (χ4v) is 2.88. The third-order valence-electron chi connectivity index (χ3n) is 4.31. The molecule has 0 bridgehead atoms. The van der Waals surface area contributed by atoms with Gasteiger partial charge in [-0.2, -0.15) is 18.2 Å². The van der Waals surface area contributed by atoms with Gasteiger partial charge in [0.25, 0.3) is 0 Å². The lowest BCUT2D eigenvalue weighted by Crippen LogP contribution is -2.05. The number of halogens is 3. The number of hydrogen-bond acceptors (Lipinski definition) is 7. The quantitative estimate of drug-likeness (QED) is 0.461. The largest absolute Gasteiger partial charge is 0.497 e. The van der Waals surface area contributed by atoms with Gasteiger partial charge in [-0.05, 0) is 18.2 Å². The molecule has 0 unspecified atom stereocenters. The molecule has 8 nitrogen and oxygen atoms in total. The summed E-state index contributed by atoms with van der Waals surface area (Å²) in [6.45, 7) is 0. The Morgan fingerprint density at radius 3 is 2.35 bits per heavy atom. The van der Waals surface area contributed by atoms with E-state index in [-0.39, 0.29) is 11.6 Å². The molecule has 2 N–H and O–H groups in total. The second-order valence-corrected chi connectivity index (χ2v) is 6.41. The van der Waals surface area contributed by atoms with Crippen LogP contribution in [0, 0.1) is 0 Å². The van der Waals surface area contributed by atoms with E-state index >= 15 is 0 Å². The van der Waals surface area contributed by atoms with E-state index in [0.717, 1.165) is 12.1 Å². The van der Waals surface area contributed by atoms with Crippen molar-refractivity contribution in [2.75, 3.05) is 24.9 Å². The first kappa shape index (κ1) is 20.3. The van der Waals surface area contributed by atoms with Crippen LogP contribution < -0.4 is 20.1 Å². The van der Waals surface area contributed by atoms with E-state index in [9.17, 15) is 13.2 Å². The number of nitrogens with one attached hydrogen (secondary N) is 2. The Balaban J connectivity index is 1.64. The van der Waals surface area contributed by atoms with Crippen molar-refractivity contribution in [3.05, 3.63) is 60.4 Å². The van der Waals surface area contributed by atoms with E-state index in [1.165, 1.54) is 22.8 Å². The van der Waals surface area contributed by atoms with Crippen LogP contribution in [0.25, 0.3) is 5.65 Å². The highest BCUT2D eigenvalue weighted by molar-refractivity contribution is 5.72. The van der Waals surface area contributed by atoms with Crippen LogP contribution in [0.3, 0.4) is 0 Å². The number of hydrogen-bond donors (Lipinski definition) is 2. The molecule has 0 radical (unpaired) electrons. The molecule has 2 heterocycles. The Morgan fingerprint density at radius 2 is 1.68 bits per heavy atom. The zero-order chi connectivity index (χ0) is 22.0. The number of aromatic nitrogens is 4. The van der Waals surface area contributed by atoms with Crippen molar-refractivity contribution < 1.29 is 22.6 Å². The molecule has 0 saturated heterocycles. The van der Waals surface area contributed by atoms with Gasteiger partial charge in [-0.25, -0.2) is 9.50 Å². The highest BCUT2D eigenvalue weighted by atomic mass is 19.4. The van der Waals surface area contributed by atoms with E-state index in [2.05, 4.69) is 25.7 Å². The van der Waals surface area contributed by atoms with Crippen molar-refractivity contribution >= 4 is 28.8 Å². The monoisotopic (exact) mass is 430 g/mol. The number of nitrogens with zero attached hydrogens (tertiary/aromatic N) is 4. The third kappa shape index (κ3) is 4.44. The number of anilines is 4. The summed E-state index contributed by atoms with van der Waals surface area (Å²) < 4.78 is 50.8. The highest BCUT2D eigenvalue weighted by Gasteiger charge is 2.30. The van der Waals surface area contributed by atoms with Crippen LogP contribution in [0.4, 0.5) is 36.3 Å². The van der Waals surface area contributed by atoms with Crippen molar-refractivity contribution in [1.82, 2.24) is 19.6 Å². The van der Waals surface area contributed by atoms with E-state index in [1.807, 2.05) is 0 Å². The summed E-state index contributed by atoms with van der Waals surface area (Å²) in [5.74, 6) is 1.69. The van der Waals surface area contributed by atoms with E-state index in [4.69, 9.17) is 9.47 Å². The molecule has 0 saturated carbocycles. The predicted octanol–water partition coefficient (Wildman–Crippen LogP) is 4.65. The molecule has 2 aromatic heterocycles. The zero-order valence-electron chi connectivity index (χ0n) is 16.4. The van der Waals surface area contributed by atoms with Gasteiger partial charge in [-0.3, -0.25) is 0 Å². The van der Waals surface area contributed by atoms with E-state index < -0.39 is 11.7 Å². The fraction of sp³-hybridized carbons (Fsp3) is 0.150. The predicted molar refractivity (Wildman–Crippen MR) is 108 cm³/mol. The minimum Gasteiger partial charge on any atom is -0.497 e. The van der Waals surface area contributed by atoms with Crippen LogP contribution in [-0.4, -0.2) is 33.8 Å². The average molecular weight is 430 g/mol. The lowest BCUT2D eigenvalue weighted by Gasteiger charge is -2.10. The molecule has 31 heavy (non-hydrogen) atoms. The van der Waals surface area contributed by atoms with Gasteiger partial charge in [-0.15, -0.1) is 5.10 Å². The Morgan fingerprint density at radius 1 is 0.935 bits per heavy atom. The molecular formula is C20H17F3N6O2. The van der Waals surface area contributed by atoms with Crippen LogP contribution in [0.15, 0.2) is 54.9 Å². The number of rotatable bonds is 6. The molecule has 11 heteroatoms. The molecule has 0 atom stereocenters. The first-order chi connectivity index (χ1) is 14.9. The van der Waals surface area contributed by atoms with Crippen LogP contribution >= 0.6 is 0 Å². The number of benzene rings is 2. The summed E-state index contributed by atoms with van der Waals surface area (Å²) in [5, 5.41) is 10.2. The van der Waals surface area contributed by atoms with E-state index in [1.54, 1.807) is 38.6 Å². The van der Waals surface area contributed by atoms with Crippen LogP contribution in [-0.2, 0) is 6.18 Å². The Kier molecular flexibility index (Phi) is 5.24. The van der Waals surface area contributed by atoms with Gasteiger partial charge >= 0.3 is 6.18 Å². The molecule has 0 aliphatic rings. The lowest BCUT2D eigenvalue weighted by atomic mass is 10.2. The summed E-state index contributed by atoms with van der Waals surface area (Å²) in [7, 11) is 3.09. The smallest absolute Gasteiger partial charge is 0.416 e. The zero-order valence-corrected chi connectivity index (χ0v) is 16.4. The number of methoxy groups -OCH3 is 2. The lowest BCUT2D eigenvalue weighted by molar-refractivity contribution is -0.137. The van der Waals surface area contributed by atoms with Gasteiger partial charge in [0.2, 0.25) is 11.6 Å². The summed E-state index contributed by atoms with van der Waals surface area (Å²) in [6.07, 6.45) is -1.34. The second kappa shape index (κ2) is 8.01. The van der Waals surface area contributed by atoms with Gasteiger partial charge in [0, 0.05) is 42.0 Å². The number of ether oxygens (including phenoxy) is 2.